The van der Waals surface area contributed by atoms with Crippen molar-refractivity contribution in [2.75, 3.05) is 5.73 Å². The van der Waals surface area contributed by atoms with Gasteiger partial charge in [0.25, 0.3) is 0 Å². The Morgan fingerprint density at radius 1 is 1.21 bits per heavy atom. The van der Waals surface area contributed by atoms with Gasteiger partial charge in [-0.05, 0) is 24.3 Å². The van der Waals surface area contributed by atoms with E-state index in [-0.39, 0.29) is 5.69 Å². The molecular formula is C14H11N3O2. The lowest BCUT2D eigenvalue weighted by Gasteiger charge is -2.01. The summed E-state index contributed by atoms with van der Waals surface area (Å²) in [7, 11) is 0. The minimum absolute atomic E-state index is 0.0398. The van der Waals surface area contributed by atoms with Crippen LogP contribution in [0, 0.1) is 0 Å². The summed E-state index contributed by atoms with van der Waals surface area (Å²) in [6.45, 7) is 0. The van der Waals surface area contributed by atoms with Crippen LogP contribution < -0.4 is 5.73 Å². The molecule has 5 nitrogen and oxygen atoms in total. The van der Waals surface area contributed by atoms with Crippen LogP contribution in [0.1, 0.15) is 10.5 Å². The van der Waals surface area contributed by atoms with E-state index in [1.54, 1.807) is 34.9 Å². The number of aromatic carboxylic acids is 1. The SMILES string of the molecule is Nc1cccc(-c2nc(C(=O)O)c3ccccn23)c1. The predicted octanol–water partition coefficient (Wildman–Crippen LogP) is 2.28. The largest absolute Gasteiger partial charge is 0.476 e. The lowest BCUT2D eigenvalue weighted by molar-refractivity contribution is 0.0693. The van der Waals surface area contributed by atoms with Gasteiger partial charge in [0, 0.05) is 17.4 Å². The molecule has 2 aromatic heterocycles. The number of imidazole rings is 1. The molecule has 0 unspecified atom stereocenters. The number of nitrogen functional groups attached to an aromatic ring is 1. The quantitative estimate of drug-likeness (QED) is 0.686. The van der Waals surface area contributed by atoms with Gasteiger partial charge < -0.3 is 10.8 Å². The Balaban J connectivity index is 2.33. The van der Waals surface area contributed by atoms with Gasteiger partial charge in [0.1, 0.15) is 5.82 Å². The van der Waals surface area contributed by atoms with E-state index in [1.807, 2.05) is 18.2 Å². The third-order valence-corrected chi connectivity index (χ3v) is 2.90. The number of nitrogens with two attached hydrogens (primary N) is 1. The van der Waals surface area contributed by atoms with E-state index in [0.29, 0.717) is 17.0 Å². The van der Waals surface area contributed by atoms with E-state index in [2.05, 4.69) is 4.98 Å². The van der Waals surface area contributed by atoms with Crippen molar-refractivity contribution in [2.45, 2.75) is 0 Å². The molecule has 0 radical (unpaired) electrons. The number of pyridine rings is 1. The molecule has 2 heterocycles. The first-order valence-corrected chi connectivity index (χ1v) is 5.73. The van der Waals surface area contributed by atoms with E-state index in [1.165, 1.54) is 0 Å². The summed E-state index contributed by atoms with van der Waals surface area (Å²) in [4.78, 5) is 15.4. The van der Waals surface area contributed by atoms with Crippen molar-refractivity contribution in [1.82, 2.24) is 9.38 Å². The van der Waals surface area contributed by atoms with E-state index in [9.17, 15) is 9.90 Å². The van der Waals surface area contributed by atoms with Crippen molar-refractivity contribution >= 4 is 17.2 Å². The second-order valence-electron chi connectivity index (χ2n) is 4.17. The fourth-order valence-electron chi connectivity index (χ4n) is 2.08. The number of fused-ring (bicyclic) bond motifs is 1. The molecule has 3 rings (SSSR count). The van der Waals surface area contributed by atoms with Crippen LogP contribution in [0.3, 0.4) is 0 Å². The summed E-state index contributed by atoms with van der Waals surface area (Å²) >= 11 is 0. The summed E-state index contributed by atoms with van der Waals surface area (Å²) < 4.78 is 1.75. The Kier molecular flexibility index (Phi) is 2.45. The summed E-state index contributed by atoms with van der Waals surface area (Å²) in [5.74, 6) is -0.473. The lowest BCUT2D eigenvalue weighted by atomic mass is 10.2. The molecule has 0 fully saturated rings. The number of carbonyl (C=O) groups is 1. The van der Waals surface area contributed by atoms with E-state index in [0.717, 1.165) is 5.56 Å². The van der Waals surface area contributed by atoms with Gasteiger partial charge in [-0.2, -0.15) is 0 Å². The zero-order valence-corrected chi connectivity index (χ0v) is 9.95. The molecule has 94 valence electrons. The van der Waals surface area contributed by atoms with Crippen LogP contribution in [0.2, 0.25) is 0 Å². The average Bonchev–Trinajstić information content (AvgIpc) is 2.78. The molecule has 0 aliphatic rings. The molecule has 0 atom stereocenters. The molecule has 19 heavy (non-hydrogen) atoms. The summed E-state index contributed by atoms with van der Waals surface area (Å²) in [5, 5.41) is 9.20. The Labute approximate surface area is 108 Å². The number of nitrogens with zero attached hydrogens (tertiary/aromatic N) is 2. The number of anilines is 1. The number of hydrogen-bond acceptors (Lipinski definition) is 3. The molecule has 1 aromatic carbocycles. The van der Waals surface area contributed by atoms with Crippen LogP contribution in [0.25, 0.3) is 16.9 Å². The maximum absolute atomic E-state index is 11.2. The van der Waals surface area contributed by atoms with Crippen molar-refractivity contribution < 1.29 is 9.90 Å². The molecule has 0 aliphatic carbocycles. The van der Waals surface area contributed by atoms with Crippen molar-refractivity contribution in [3.05, 3.63) is 54.4 Å². The first-order chi connectivity index (χ1) is 9.16. The van der Waals surface area contributed by atoms with Crippen molar-refractivity contribution in [3.8, 4) is 11.4 Å². The molecule has 0 spiro atoms. The molecule has 0 aliphatic heterocycles. The summed E-state index contributed by atoms with van der Waals surface area (Å²) in [6, 6.07) is 12.6. The predicted molar refractivity (Wildman–Crippen MR) is 72.0 cm³/mol. The van der Waals surface area contributed by atoms with E-state index >= 15 is 0 Å². The van der Waals surface area contributed by atoms with Crippen molar-refractivity contribution in [3.63, 3.8) is 0 Å². The van der Waals surface area contributed by atoms with Crippen LogP contribution in [-0.4, -0.2) is 20.5 Å². The minimum atomic E-state index is -1.04. The zero-order valence-electron chi connectivity index (χ0n) is 9.95. The molecule has 5 heteroatoms. The highest BCUT2D eigenvalue weighted by molar-refractivity contribution is 5.95. The van der Waals surface area contributed by atoms with Gasteiger partial charge in [-0.15, -0.1) is 0 Å². The monoisotopic (exact) mass is 253 g/mol. The topological polar surface area (TPSA) is 80.6 Å². The maximum atomic E-state index is 11.2. The first-order valence-electron chi connectivity index (χ1n) is 5.73. The molecule has 0 saturated heterocycles. The van der Waals surface area contributed by atoms with Gasteiger partial charge >= 0.3 is 5.97 Å². The maximum Gasteiger partial charge on any atom is 0.356 e. The van der Waals surface area contributed by atoms with Gasteiger partial charge in [0.2, 0.25) is 0 Å². The number of hydrogen-bond donors (Lipinski definition) is 2. The normalized spacial score (nSPS) is 10.7. The van der Waals surface area contributed by atoms with Gasteiger partial charge in [-0.1, -0.05) is 18.2 Å². The van der Waals surface area contributed by atoms with Gasteiger partial charge in [0.05, 0.1) is 5.52 Å². The highest BCUT2D eigenvalue weighted by atomic mass is 16.4. The van der Waals surface area contributed by atoms with Crippen LogP contribution >= 0.6 is 0 Å². The Bertz CT molecular complexity index is 777. The minimum Gasteiger partial charge on any atom is -0.476 e. The van der Waals surface area contributed by atoms with Crippen molar-refractivity contribution in [1.29, 1.82) is 0 Å². The molecule has 0 amide bonds. The molecule has 3 aromatic rings. The number of carboxylic acids is 1. The van der Waals surface area contributed by atoms with Crippen LogP contribution in [-0.2, 0) is 0 Å². The van der Waals surface area contributed by atoms with Crippen molar-refractivity contribution in [2.24, 2.45) is 0 Å². The highest BCUT2D eigenvalue weighted by Crippen LogP contribution is 2.24. The number of carboxylic acid groups (broad SMARTS) is 1. The molecule has 0 bridgehead atoms. The first kappa shape index (κ1) is 11.3. The standard InChI is InChI=1S/C14H11N3O2/c15-10-5-3-4-9(8-10)13-16-12(14(18)19)11-6-1-2-7-17(11)13/h1-8H,15H2,(H,18,19). The summed E-state index contributed by atoms with van der Waals surface area (Å²) in [6.07, 6.45) is 1.79. The second-order valence-corrected chi connectivity index (χ2v) is 4.17. The Morgan fingerprint density at radius 3 is 2.79 bits per heavy atom. The summed E-state index contributed by atoms with van der Waals surface area (Å²) in [5.41, 5.74) is 7.75. The molecule has 3 N–H and O–H groups in total. The zero-order chi connectivity index (χ0) is 13.4. The van der Waals surface area contributed by atoms with Gasteiger partial charge in [-0.25, -0.2) is 9.78 Å². The van der Waals surface area contributed by atoms with Gasteiger partial charge in [-0.3, -0.25) is 4.40 Å². The number of benzene rings is 1. The fourth-order valence-corrected chi connectivity index (χ4v) is 2.08. The van der Waals surface area contributed by atoms with Gasteiger partial charge in [0.15, 0.2) is 5.69 Å². The lowest BCUT2D eigenvalue weighted by Crippen LogP contribution is -1.97. The van der Waals surface area contributed by atoms with E-state index < -0.39 is 5.97 Å². The Morgan fingerprint density at radius 2 is 2.05 bits per heavy atom. The van der Waals surface area contributed by atoms with Crippen LogP contribution in [0.5, 0.6) is 0 Å². The number of rotatable bonds is 2. The molecular weight excluding hydrogens is 242 g/mol. The number of aromatic nitrogens is 2. The third-order valence-electron chi connectivity index (χ3n) is 2.90. The van der Waals surface area contributed by atoms with Crippen LogP contribution in [0.15, 0.2) is 48.7 Å². The molecule has 0 saturated carbocycles. The third kappa shape index (κ3) is 1.81. The average molecular weight is 253 g/mol. The second kappa shape index (κ2) is 4.13. The Hall–Kier alpha value is -2.82. The van der Waals surface area contributed by atoms with Crippen LogP contribution in [0.4, 0.5) is 5.69 Å². The van der Waals surface area contributed by atoms with E-state index in [4.69, 9.17) is 5.73 Å². The fraction of sp³-hybridized carbons (Fsp3) is 0. The highest BCUT2D eigenvalue weighted by Gasteiger charge is 2.17. The smallest absolute Gasteiger partial charge is 0.356 e.